The number of carbonyl (C=O) groups excluding carboxylic acids is 2. The summed E-state index contributed by atoms with van der Waals surface area (Å²) in [5.41, 5.74) is 6.29. The van der Waals surface area contributed by atoms with Crippen LogP contribution in [-0.4, -0.2) is 69.1 Å². The van der Waals surface area contributed by atoms with Gasteiger partial charge in [0.1, 0.15) is 5.75 Å². The molecule has 1 aliphatic carbocycles. The van der Waals surface area contributed by atoms with Crippen LogP contribution in [0.15, 0.2) is 102 Å². The Bertz CT molecular complexity index is 1990. The minimum atomic E-state index is -1.02. The van der Waals surface area contributed by atoms with Crippen LogP contribution in [0.4, 0.5) is 0 Å². The molecule has 0 spiro atoms. The van der Waals surface area contributed by atoms with E-state index in [4.69, 9.17) is 4.65 Å². The second kappa shape index (κ2) is 14.2. The Kier molecular flexibility index (Phi) is 9.36. The molecular formula is C42H44BN3O5. The van der Waals surface area contributed by atoms with Crippen LogP contribution in [0.1, 0.15) is 55.8 Å². The van der Waals surface area contributed by atoms with Crippen molar-refractivity contribution in [3.05, 3.63) is 119 Å². The van der Waals surface area contributed by atoms with Gasteiger partial charge in [0.15, 0.2) is 0 Å². The van der Waals surface area contributed by atoms with E-state index in [-0.39, 0.29) is 41.5 Å². The number of phenols is 1. The highest BCUT2D eigenvalue weighted by atomic mass is 16.5. The zero-order valence-corrected chi connectivity index (χ0v) is 29.0. The smallest absolute Gasteiger partial charge is 0.455 e. The van der Waals surface area contributed by atoms with Crippen LogP contribution in [0.2, 0.25) is 6.32 Å². The molecule has 4 aliphatic rings. The molecule has 0 radical (unpaired) electrons. The number of amides is 2. The molecule has 3 saturated heterocycles. The number of hydrogen-bond donors (Lipinski definition) is 2. The molecule has 3 aliphatic heterocycles. The van der Waals surface area contributed by atoms with Crippen molar-refractivity contribution in [3.63, 3.8) is 0 Å². The van der Waals surface area contributed by atoms with Gasteiger partial charge in [-0.15, -0.1) is 0 Å². The highest BCUT2D eigenvalue weighted by Crippen LogP contribution is 2.51. The molecule has 1 aromatic heterocycles. The number of likely N-dealkylation sites (tertiary alicyclic amines) is 2. The number of carbonyl (C=O) groups is 2. The molecule has 2 amide bonds. The fourth-order valence-electron chi connectivity index (χ4n) is 9.22. The van der Waals surface area contributed by atoms with Crippen LogP contribution in [0.5, 0.6) is 5.75 Å². The van der Waals surface area contributed by atoms with Gasteiger partial charge < -0.3 is 14.8 Å². The minimum absolute atomic E-state index is 0.0380. The first-order valence-electron chi connectivity index (χ1n) is 18.3. The predicted molar refractivity (Wildman–Crippen MR) is 199 cm³/mol. The van der Waals surface area contributed by atoms with Crippen LogP contribution in [0.25, 0.3) is 22.4 Å². The molecule has 51 heavy (non-hydrogen) atoms. The number of nitrogens with zero attached hydrogens (tertiary/aromatic N) is 3. The van der Waals surface area contributed by atoms with E-state index >= 15 is 0 Å². The van der Waals surface area contributed by atoms with Crippen molar-refractivity contribution >= 4 is 41.4 Å². The normalized spacial score (nSPS) is 24.7. The fourth-order valence-corrected chi connectivity index (χ4v) is 9.22. The van der Waals surface area contributed by atoms with E-state index in [0.717, 1.165) is 71.2 Å². The third kappa shape index (κ3) is 6.55. The lowest BCUT2D eigenvalue weighted by atomic mass is 9.58. The van der Waals surface area contributed by atoms with Gasteiger partial charge in [-0.25, -0.2) is 0 Å². The third-order valence-corrected chi connectivity index (χ3v) is 11.6. The molecule has 9 heteroatoms. The van der Waals surface area contributed by atoms with Crippen molar-refractivity contribution in [2.24, 2.45) is 17.8 Å². The number of aromatic nitrogens is 1. The Balaban J connectivity index is 1.02. The summed E-state index contributed by atoms with van der Waals surface area (Å²) in [5, 5.41) is 23.3. The summed E-state index contributed by atoms with van der Waals surface area (Å²) in [6, 6.07) is 27.6. The average Bonchev–Trinajstić information content (AvgIpc) is 3.40. The van der Waals surface area contributed by atoms with E-state index in [1.54, 1.807) is 17.2 Å². The molecule has 0 unspecified atom stereocenters. The second-order valence-electron chi connectivity index (χ2n) is 14.7. The Morgan fingerprint density at radius 3 is 2.43 bits per heavy atom. The largest absolute Gasteiger partial charge is 0.507 e. The number of rotatable bonds is 8. The molecule has 0 bridgehead atoms. The molecule has 3 aromatic carbocycles. The number of aromatic hydroxyl groups is 1. The van der Waals surface area contributed by atoms with Crippen LogP contribution in [-0.2, 0) is 20.8 Å². The van der Waals surface area contributed by atoms with E-state index in [2.05, 4.69) is 47.1 Å². The lowest BCUT2D eigenvalue weighted by molar-refractivity contribution is -0.144. The topological polar surface area (TPSA) is 103 Å². The number of piperidine rings is 1. The van der Waals surface area contributed by atoms with Crippen molar-refractivity contribution in [3.8, 4) is 5.75 Å². The molecule has 4 atom stereocenters. The summed E-state index contributed by atoms with van der Waals surface area (Å²) in [5.74, 6) is -0.949. The molecule has 0 saturated carbocycles. The highest BCUT2D eigenvalue weighted by Gasteiger charge is 2.58. The van der Waals surface area contributed by atoms with Crippen molar-refractivity contribution in [1.29, 1.82) is 0 Å². The summed E-state index contributed by atoms with van der Waals surface area (Å²) in [6.45, 7) is 4.64. The van der Waals surface area contributed by atoms with E-state index in [1.165, 1.54) is 5.56 Å². The van der Waals surface area contributed by atoms with E-state index in [1.807, 2.05) is 54.6 Å². The Hall–Kier alpha value is -4.57. The number of hydrogen-bond acceptors (Lipinski definition) is 7. The maximum atomic E-state index is 14.3. The number of imide groups is 1. The van der Waals surface area contributed by atoms with E-state index in [9.17, 15) is 19.7 Å². The molecule has 4 aromatic rings. The maximum absolute atomic E-state index is 14.3. The van der Waals surface area contributed by atoms with Crippen molar-refractivity contribution in [1.82, 2.24) is 14.8 Å². The molecule has 2 N–H and O–H groups in total. The van der Waals surface area contributed by atoms with Gasteiger partial charge in [0.2, 0.25) is 11.8 Å². The first-order valence-corrected chi connectivity index (χ1v) is 18.3. The Morgan fingerprint density at radius 1 is 0.922 bits per heavy atom. The zero-order chi connectivity index (χ0) is 35.1. The number of phenolic OH excluding ortho intramolecular Hbond substituents is 1. The van der Waals surface area contributed by atoms with E-state index < -0.39 is 13.0 Å². The molecule has 260 valence electrons. The van der Waals surface area contributed by atoms with Gasteiger partial charge in [0.25, 0.3) is 0 Å². The van der Waals surface area contributed by atoms with Crippen LogP contribution in [0.3, 0.4) is 0 Å². The summed E-state index contributed by atoms with van der Waals surface area (Å²) >= 11 is 0. The second-order valence-corrected chi connectivity index (χ2v) is 14.7. The number of allylic oxidation sites excluding steroid dienone is 2. The Labute approximate surface area is 299 Å². The number of pyridine rings is 1. The summed E-state index contributed by atoms with van der Waals surface area (Å²) < 4.78 is 6.26. The lowest BCUT2D eigenvalue weighted by Gasteiger charge is -2.42. The molecule has 8 rings (SSSR count). The van der Waals surface area contributed by atoms with Gasteiger partial charge in [-0.1, -0.05) is 72.3 Å². The van der Waals surface area contributed by atoms with Crippen molar-refractivity contribution in [2.45, 2.75) is 64.0 Å². The van der Waals surface area contributed by atoms with E-state index in [0.29, 0.717) is 25.6 Å². The van der Waals surface area contributed by atoms with Crippen LogP contribution >= 0.6 is 0 Å². The summed E-state index contributed by atoms with van der Waals surface area (Å²) in [6.07, 6.45) is 7.14. The van der Waals surface area contributed by atoms with Gasteiger partial charge >= 0.3 is 7.12 Å². The molecular weight excluding hydrogens is 637 g/mol. The SMILES string of the molecule is CC1=C2[C@@H](CC/C(=C/c3ccc(O)c4ccccc34)c3ccccn3)OB(O)C[C@@H]2[C@@H]2C(=O)N(C3CCN(Cc4ccccc4)CC3)C(=O)[C@@H]2C1. The standard InChI is InChI=1S/C42H44BN3O5/c1-27-23-34-40(42(49)46(41(34)48)31-18-21-45(22-19-31)26-28-9-3-2-4-10-28)35-25-43(50)51-38(39(27)35)17-15-30(36-13-7-8-20-44-36)24-29-14-16-37(47)33-12-6-5-11-32(29)33/h2-14,16,20,24,31,34-35,38,40,47,50H,15,17-19,21-23,25-26H2,1H3/b30-24-/t34-,35+,38-,40-/m1/s1. The minimum Gasteiger partial charge on any atom is -0.507 e. The number of benzene rings is 3. The van der Waals surface area contributed by atoms with Gasteiger partial charge in [-0.3, -0.25) is 24.4 Å². The Morgan fingerprint density at radius 2 is 1.67 bits per heavy atom. The molecule has 8 nitrogen and oxygen atoms in total. The van der Waals surface area contributed by atoms with Crippen molar-refractivity contribution in [2.75, 3.05) is 13.1 Å². The maximum Gasteiger partial charge on any atom is 0.455 e. The molecule has 4 heterocycles. The molecule has 3 fully saturated rings. The highest BCUT2D eigenvalue weighted by molar-refractivity contribution is 6.43. The van der Waals surface area contributed by atoms with Crippen LogP contribution in [0, 0.1) is 17.8 Å². The monoisotopic (exact) mass is 681 g/mol. The summed E-state index contributed by atoms with van der Waals surface area (Å²) in [4.78, 5) is 37.0. The van der Waals surface area contributed by atoms with Gasteiger partial charge in [0.05, 0.1) is 23.6 Å². The van der Waals surface area contributed by atoms with Gasteiger partial charge in [-0.2, -0.15) is 0 Å². The van der Waals surface area contributed by atoms with Gasteiger partial charge in [0, 0.05) is 37.3 Å². The first kappa shape index (κ1) is 33.6. The summed E-state index contributed by atoms with van der Waals surface area (Å²) in [7, 11) is -1.02. The first-order chi connectivity index (χ1) is 24.9. The predicted octanol–water partition coefficient (Wildman–Crippen LogP) is 6.74. The lowest BCUT2D eigenvalue weighted by Crippen LogP contribution is -2.48. The fraction of sp³-hybridized carbons (Fsp3) is 0.357. The zero-order valence-electron chi connectivity index (χ0n) is 29.0. The van der Waals surface area contributed by atoms with Gasteiger partial charge in [-0.05, 0) is 103 Å². The van der Waals surface area contributed by atoms with Crippen LogP contribution < -0.4 is 0 Å². The number of fused-ring (bicyclic) bond motifs is 4. The van der Waals surface area contributed by atoms with Crippen molar-refractivity contribution < 1.29 is 24.4 Å². The quantitative estimate of drug-likeness (QED) is 0.121. The average molecular weight is 682 g/mol. The third-order valence-electron chi connectivity index (χ3n) is 11.6.